The Morgan fingerprint density at radius 3 is 2.77 bits per heavy atom. The molecule has 206 valence electrons. The lowest BCUT2D eigenvalue weighted by Gasteiger charge is -2.37. The molecule has 1 fully saturated rings. The van der Waals surface area contributed by atoms with Crippen LogP contribution in [-0.2, 0) is 6.54 Å². The van der Waals surface area contributed by atoms with E-state index in [0.717, 1.165) is 18.4 Å². The summed E-state index contributed by atoms with van der Waals surface area (Å²) in [5.74, 6) is -0.208. The molecule has 0 radical (unpaired) electrons. The molecule has 1 aliphatic rings. The van der Waals surface area contributed by atoms with Crippen molar-refractivity contribution in [3.8, 4) is 17.5 Å². The number of hydrogen-bond donors (Lipinski definition) is 3. The Labute approximate surface area is 230 Å². The SMILES string of the molecule is CC(C)(O)[C@H](F)CNC(=O)c1cnc(-c2ccc3cc(C#N)cnn23)cc1NC1CC(Cn2ccccc2=O)C1. The number of halogens is 1. The van der Waals surface area contributed by atoms with E-state index >= 15 is 0 Å². The Morgan fingerprint density at radius 2 is 2.05 bits per heavy atom. The highest BCUT2D eigenvalue weighted by molar-refractivity contribution is 6.00. The number of fused-ring (bicyclic) bond motifs is 1. The van der Waals surface area contributed by atoms with Crippen molar-refractivity contribution in [1.29, 1.82) is 5.26 Å². The Hall–Kier alpha value is -4.56. The molecule has 40 heavy (non-hydrogen) atoms. The van der Waals surface area contributed by atoms with Gasteiger partial charge < -0.3 is 20.3 Å². The number of pyridine rings is 2. The molecule has 0 aliphatic heterocycles. The van der Waals surface area contributed by atoms with Crippen LogP contribution in [0, 0.1) is 17.2 Å². The van der Waals surface area contributed by atoms with E-state index in [1.807, 2.05) is 18.2 Å². The second kappa shape index (κ2) is 10.9. The highest BCUT2D eigenvalue weighted by Crippen LogP contribution is 2.33. The highest BCUT2D eigenvalue weighted by atomic mass is 19.1. The Balaban J connectivity index is 1.38. The van der Waals surface area contributed by atoms with Gasteiger partial charge in [0.15, 0.2) is 0 Å². The summed E-state index contributed by atoms with van der Waals surface area (Å²) >= 11 is 0. The minimum absolute atomic E-state index is 0.0382. The molecule has 0 saturated heterocycles. The fourth-order valence-corrected chi connectivity index (χ4v) is 4.79. The van der Waals surface area contributed by atoms with Crippen molar-refractivity contribution in [2.45, 2.75) is 51.0 Å². The van der Waals surface area contributed by atoms with E-state index in [-0.39, 0.29) is 23.7 Å². The van der Waals surface area contributed by atoms with Crippen molar-refractivity contribution in [1.82, 2.24) is 24.5 Å². The summed E-state index contributed by atoms with van der Waals surface area (Å²) in [6.45, 7) is 2.96. The van der Waals surface area contributed by atoms with Crippen LogP contribution in [0.1, 0.15) is 42.6 Å². The summed E-state index contributed by atoms with van der Waals surface area (Å²) in [5.41, 5.74) is 1.55. The van der Waals surface area contributed by atoms with Gasteiger partial charge in [-0.25, -0.2) is 8.91 Å². The number of alkyl halides is 1. The number of hydrogen-bond acceptors (Lipinski definition) is 7. The van der Waals surface area contributed by atoms with Crippen LogP contribution in [0.25, 0.3) is 16.9 Å². The molecular formula is C29H30FN7O3. The first-order chi connectivity index (χ1) is 19.1. The minimum atomic E-state index is -1.65. The lowest BCUT2D eigenvalue weighted by Crippen LogP contribution is -2.42. The van der Waals surface area contributed by atoms with Gasteiger partial charge in [-0.2, -0.15) is 10.4 Å². The van der Waals surface area contributed by atoms with Crippen molar-refractivity contribution >= 4 is 17.1 Å². The van der Waals surface area contributed by atoms with Crippen LogP contribution in [0.2, 0.25) is 0 Å². The molecule has 11 heteroatoms. The molecule has 1 amide bonds. The zero-order chi connectivity index (χ0) is 28.4. The van der Waals surface area contributed by atoms with Crippen LogP contribution in [-0.4, -0.2) is 54.5 Å². The summed E-state index contributed by atoms with van der Waals surface area (Å²) < 4.78 is 17.7. The predicted octanol–water partition coefficient (Wildman–Crippen LogP) is 3.16. The van der Waals surface area contributed by atoms with E-state index in [2.05, 4.69) is 26.8 Å². The normalized spacial score (nSPS) is 17.6. The van der Waals surface area contributed by atoms with Crippen LogP contribution in [0.5, 0.6) is 0 Å². The number of anilines is 1. The van der Waals surface area contributed by atoms with Crippen LogP contribution < -0.4 is 16.2 Å². The van der Waals surface area contributed by atoms with E-state index in [9.17, 15) is 24.3 Å². The first-order valence-electron chi connectivity index (χ1n) is 13.1. The van der Waals surface area contributed by atoms with Gasteiger partial charge in [0.05, 0.1) is 52.1 Å². The molecule has 3 N–H and O–H groups in total. The summed E-state index contributed by atoms with van der Waals surface area (Å²) in [7, 11) is 0. The number of nitrogens with zero attached hydrogens (tertiary/aromatic N) is 5. The lowest BCUT2D eigenvalue weighted by atomic mass is 9.80. The molecule has 10 nitrogen and oxygen atoms in total. The number of carbonyl (C=O) groups is 1. The molecule has 0 spiro atoms. The molecule has 1 aliphatic carbocycles. The predicted molar refractivity (Wildman–Crippen MR) is 148 cm³/mol. The third kappa shape index (κ3) is 5.72. The number of amides is 1. The second-order valence-electron chi connectivity index (χ2n) is 10.7. The maximum Gasteiger partial charge on any atom is 0.255 e. The quantitative estimate of drug-likeness (QED) is 0.295. The van der Waals surface area contributed by atoms with Gasteiger partial charge in [0.25, 0.3) is 11.5 Å². The zero-order valence-corrected chi connectivity index (χ0v) is 22.2. The molecule has 4 aromatic heterocycles. The molecule has 1 saturated carbocycles. The Bertz CT molecular complexity index is 1640. The smallest absolute Gasteiger partial charge is 0.255 e. The molecule has 5 rings (SSSR count). The van der Waals surface area contributed by atoms with Gasteiger partial charge in [-0.3, -0.25) is 14.6 Å². The highest BCUT2D eigenvalue weighted by Gasteiger charge is 2.31. The summed E-state index contributed by atoms with van der Waals surface area (Å²) in [5, 5.41) is 29.4. The molecular weight excluding hydrogens is 513 g/mol. The standard InChI is InChI=1S/C29H30FN7O3/c1-29(2,40)26(30)16-33-28(39)22-15-32-24(25-7-6-21-11-19(13-31)14-34-37(21)25)12-23(22)35-20-9-18(10-20)17-36-8-4-3-5-27(36)38/h3-8,11-12,14-15,18,20,26,40H,9-10,16-17H2,1-2H3,(H,32,35)(H,33,39)/t18?,20?,26-/m1/s1. The van der Waals surface area contributed by atoms with Gasteiger partial charge in [-0.15, -0.1) is 0 Å². The average molecular weight is 544 g/mol. The van der Waals surface area contributed by atoms with E-state index in [1.165, 1.54) is 26.2 Å². The Morgan fingerprint density at radius 1 is 1.25 bits per heavy atom. The topological polar surface area (TPSA) is 137 Å². The second-order valence-corrected chi connectivity index (χ2v) is 10.7. The number of nitriles is 1. The largest absolute Gasteiger partial charge is 0.387 e. The maximum absolute atomic E-state index is 14.3. The summed E-state index contributed by atoms with van der Waals surface area (Å²) in [4.78, 5) is 29.6. The third-order valence-electron chi connectivity index (χ3n) is 7.20. The van der Waals surface area contributed by atoms with Gasteiger partial charge in [0.1, 0.15) is 12.2 Å². The molecule has 4 aromatic rings. The average Bonchev–Trinajstić information content (AvgIpc) is 3.34. The first-order valence-corrected chi connectivity index (χ1v) is 13.1. The van der Waals surface area contributed by atoms with Gasteiger partial charge >= 0.3 is 0 Å². The first kappa shape index (κ1) is 27.0. The molecule has 1 atom stereocenters. The van der Waals surface area contributed by atoms with Crippen LogP contribution in [0.4, 0.5) is 10.1 Å². The maximum atomic E-state index is 14.3. The van der Waals surface area contributed by atoms with E-state index in [0.29, 0.717) is 35.1 Å². The fourth-order valence-electron chi connectivity index (χ4n) is 4.79. The van der Waals surface area contributed by atoms with Gasteiger partial charge in [0, 0.05) is 31.0 Å². The monoisotopic (exact) mass is 543 g/mol. The fraction of sp³-hybridized carbons (Fsp3) is 0.345. The Kier molecular flexibility index (Phi) is 7.36. The molecule has 4 heterocycles. The van der Waals surface area contributed by atoms with Crippen LogP contribution in [0.15, 0.2) is 65.8 Å². The molecule has 0 bridgehead atoms. The van der Waals surface area contributed by atoms with E-state index in [4.69, 9.17) is 0 Å². The molecule has 0 aromatic carbocycles. The summed E-state index contributed by atoms with van der Waals surface area (Å²) in [6, 6.07) is 14.4. The van der Waals surface area contributed by atoms with Crippen molar-refractivity contribution < 1.29 is 14.3 Å². The summed E-state index contributed by atoms with van der Waals surface area (Å²) in [6.07, 6.45) is 4.65. The van der Waals surface area contributed by atoms with E-state index in [1.54, 1.807) is 39.5 Å². The molecule has 0 unspecified atom stereocenters. The number of rotatable bonds is 9. The minimum Gasteiger partial charge on any atom is -0.387 e. The van der Waals surface area contributed by atoms with Gasteiger partial charge in [0.2, 0.25) is 0 Å². The lowest BCUT2D eigenvalue weighted by molar-refractivity contribution is -0.00177. The van der Waals surface area contributed by atoms with Crippen molar-refractivity contribution in [3.63, 3.8) is 0 Å². The van der Waals surface area contributed by atoms with Crippen molar-refractivity contribution in [3.05, 3.63) is 82.5 Å². The van der Waals surface area contributed by atoms with E-state index < -0.39 is 17.7 Å². The van der Waals surface area contributed by atoms with Crippen LogP contribution in [0.3, 0.4) is 0 Å². The number of aliphatic hydroxyl groups is 1. The van der Waals surface area contributed by atoms with Crippen molar-refractivity contribution in [2.75, 3.05) is 11.9 Å². The third-order valence-corrected chi connectivity index (χ3v) is 7.20. The van der Waals surface area contributed by atoms with Crippen molar-refractivity contribution in [2.24, 2.45) is 5.92 Å². The number of aromatic nitrogens is 4. The van der Waals surface area contributed by atoms with Gasteiger partial charge in [-0.1, -0.05) is 6.07 Å². The van der Waals surface area contributed by atoms with Crippen LogP contribution >= 0.6 is 0 Å². The number of carbonyl (C=O) groups excluding carboxylic acids is 1. The zero-order valence-electron chi connectivity index (χ0n) is 22.2. The van der Waals surface area contributed by atoms with Gasteiger partial charge in [-0.05, 0) is 62.9 Å². The number of nitrogens with one attached hydrogen (secondary N) is 2.